The van der Waals surface area contributed by atoms with Crippen LogP contribution in [0.4, 0.5) is 0 Å². The van der Waals surface area contributed by atoms with Crippen molar-refractivity contribution in [2.45, 2.75) is 49.2 Å². The first-order valence-electron chi connectivity index (χ1n) is 9.33. The van der Waals surface area contributed by atoms with E-state index in [0.717, 1.165) is 41.6 Å². The lowest BCUT2D eigenvalue weighted by Gasteiger charge is -2.27. The predicted molar refractivity (Wildman–Crippen MR) is 109 cm³/mol. The van der Waals surface area contributed by atoms with Crippen LogP contribution in [0.3, 0.4) is 0 Å². The molecular weight excluding hydrogens is 381 g/mol. The highest BCUT2D eigenvalue weighted by Crippen LogP contribution is 2.38. The number of fused-ring (bicyclic) bond motifs is 1. The van der Waals surface area contributed by atoms with Crippen LogP contribution >= 0.6 is 19.6 Å². The summed E-state index contributed by atoms with van der Waals surface area (Å²) in [6.45, 7) is 0. The molecule has 5 nitrogen and oxygen atoms in total. The second-order valence-corrected chi connectivity index (χ2v) is 10.3. The lowest BCUT2D eigenvalue weighted by Crippen LogP contribution is -2.43. The molecule has 0 spiro atoms. The van der Waals surface area contributed by atoms with E-state index >= 15 is 0 Å². The normalized spacial score (nSPS) is 18.2. The second-order valence-electron chi connectivity index (χ2n) is 7.30. The van der Waals surface area contributed by atoms with Gasteiger partial charge in [-0.2, -0.15) is 0 Å². The summed E-state index contributed by atoms with van der Waals surface area (Å²) in [7, 11) is -1.85. The number of aliphatic carboxylic acids is 1. The van der Waals surface area contributed by atoms with Crippen molar-refractivity contribution in [3.05, 3.63) is 36.4 Å². The van der Waals surface area contributed by atoms with Gasteiger partial charge in [0.25, 0.3) is 0 Å². The van der Waals surface area contributed by atoms with Gasteiger partial charge in [-0.25, -0.2) is 9.78 Å². The molecule has 1 aromatic heterocycles. The molecule has 1 heterocycles. The summed E-state index contributed by atoms with van der Waals surface area (Å²) in [6.07, 6.45) is 5.22. The molecule has 1 fully saturated rings. The van der Waals surface area contributed by atoms with E-state index in [1.165, 1.54) is 18.2 Å². The lowest BCUT2D eigenvalue weighted by molar-refractivity contribution is -0.158. The standard InChI is InChI=1S/C20H24NO4PS/c22-19(23)20(24,12-15-6-2-1-3-7-15)13-26(25)14-27-18-11-10-16-8-4-5-9-17(16)21-18/h4-5,8-11,15,24H,1-3,6-7,12-14H2/p+1. The second kappa shape index (κ2) is 9.13. The number of thioether (sulfide) groups is 1. The third kappa shape index (κ3) is 5.50. The number of benzene rings is 1. The zero-order valence-electron chi connectivity index (χ0n) is 15.2. The molecule has 1 saturated carbocycles. The minimum absolute atomic E-state index is 0.197. The van der Waals surface area contributed by atoms with Gasteiger partial charge in [0.15, 0.2) is 11.7 Å². The Kier molecular flexibility index (Phi) is 6.85. The predicted octanol–water partition coefficient (Wildman–Crippen LogP) is 4.90. The number of hydrogen-bond acceptors (Lipinski definition) is 5. The van der Waals surface area contributed by atoms with Gasteiger partial charge in [-0.15, -0.1) is 0 Å². The van der Waals surface area contributed by atoms with Gasteiger partial charge in [-0.05, 0) is 24.5 Å². The van der Waals surface area contributed by atoms with E-state index in [9.17, 15) is 19.6 Å². The van der Waals surface area contributed by atoms with Crippen molar-refractivity contribution in [3.8, 4) is 0 Å². The molecule has 0 saturated heterocycles. The summed E-state index contributed by atoms with van der Waals surface area (Å²) in [6, 6.07) is 11.6. The Morgan fingerprint density at radius 3 is 2.67 bits per heavy atom. The van der Waals surface area contributed by atoms with E-state index in [2.05, 4.69) is 4.98 Å². The van der Waals surface area contributed by atoms with Gasteiger partial charge in [-0.3, -0.25) is 0 Å². The molecule has 2 aromatic rings. The molecular formula is C20H25NO4PS+. The number of rotatable bonds is 8. The number of nitrogens with zero attached hydrogens (tertiary/aromatic N) is 1. The zero-order chi connectivity index (χ0) is 19.3. The van der Waals surface area contributed by atoms with Gasteiger partial charge in [-0.1, -0.05) is 72.7 Å². The number of hydrogen-bond donors (Lipinski definition) is 2. The van der Waals surface area contributed by atoms with Crippen LogP contribution in [-0.4, -0.2) is 38.4 Å². The smallest absolute Gasteiger partial charge is 0.353 e. The van der Waals surface area contributed by atoms with Crippen LogP contribution in [0.1, 0.15) is 38.5 Å². The lowest BCUT2D eigenvalue weighted by atomic mass is 9.81. The van der Waals surface area contributed by atoms with Crippen LogP contribution in [0.2, 0.25) is 0 Å². The first kappa shape index (κ1) is 20.2. The minimum Gasteiger partial charge on any atom is -0.479 e. The average Bonchev–Trinajstić information content (AvgIpc) is 2.67. The topological polar surface area (TPSA) is 87.5 Å². The number of carboxylic acid groups (broad SMARTS) is 1. The van der Waals surface area contributed by atoms with Crippen molar-refractivity contribution in [2.24, 2.45) is 5.92 Å². The van der Waals surface area contributed by atoms with Gasteiger partial charge in [0.2, 0.25) is 5.60 Å². The monoisotopic (exact) mass is 406 g/mol. The molecule has 0 aliphatic heterocycles. The Morgan fingerprint density at radius 2 is 1.93 bits per heavy atom. The van der Waals surface area contributed by atoms with Crippen LogP contribution in [0.25, 0.3) is 10.9 Å². The quantitative estimate of drug-likeness (QED) is 0.479. The third-order valence-corrected chi connectivity index (χ3v) is 8.18. The van der Waals surface area contributed by atoms with Gasteiger partial charge in [0, 0.05) is 5.39 Å². The molecule has 1 aliphatic carbocycles. The van der Waals surface area contributed by atoms with E-state index in [1.807, 2.05) is 36.4 Å². The van der Waals surface area contributed by atoms with Crippen LogP contribution in [0.15, 0.2) is 41.4 Å². The Bertz CT molecular complexity index is 824. The summed E-state index contributed by atoms with van der Waals surface area (Å²) < 4.78 is 12.5. The number of pyridine rings is 1. The van der Waals surface area contributed by atoms with Crippen molar-refractivity contribution >= 4 is 36.4 Å². The highest BCUT2D eigenvalue weighted by molar-refractivity contribution is 8.03. The molecule has 3 rings (SSSR count). The van der Waals surface area contributed by atoms with Gasteiger partial charge in [0.1, 0.15) is 5.03 Å². The Hall–Kier alpha value is -1.49. The van der Waals surface area contributed by atoms with Gasteiger partial charge >= 0.3 is 13.8 Å². The number of para-hydroxylation sites is 1. The maximum absolute atomic E-state index is 12.5. The summed E-state index contributed by atoms with van der Waals surface area (Å²) in [5.74, 6) is -1.05. The summed E-state index contributed by atoms with van der Waals surface area (Å²) in [5, 5.41) is 22.0. The molecule has 0 radical (unpaired) electrons. The summed E-state index contributed by atoms with van der Waals surface area (Å²) in [4.78, 5) is 16.2. The molecule has 1 aromatic carbocycles. The molecule has 7 heteroatoms. The van der Waals surface area contributed by atoms with E-state index in [0.29, 0.717) is 0 Å². The van der Waals surface area contributed by atoms with Crippen molar-refractivity contribution in [1.82, 2.24) is 4.98 Å². The summed E-state index contributed by atoms with van der Waals surface area (Å²) in [5.41, 5.74) is -0.773. The van der Waals surface area contributed by atoms with Gasteiger partial charge in [0.05, 0.1) is 5.52 Å². The fraction of sp³-hybridized carbons (Fsp3) is 0.500. The number of aliphatic hydroxyl groups is 1. The van der Waals surface area contributed by atoms with E-state index in [1.54, 1.807) is 0 Å². The maximum atomic E-state index is 12.5. The Balaban J connectivity index is 1.58. The molecule has 0 amide bonds. The Morgan fingerprint density at radius 1 is 1.19 bits per heavy atom. The molecule has 2 unspecified atom stereocenters. The molecule has 0 bridgehead atoms. The average molecular weight is 406 g/mol. The van der Waals surface area contributed by atoms with E-state index < -0.39 is 19.4 Å². The van der Waals surface area contributed by atoms with Gasteiger partial charge < -0.3 is 10.2 Å². The Labute approximate surface area is 164 Å². The fourth-order valence-corrected chi connectivity index (χ4v) is 6.34. The highest BCUT2D eigenvalue weighted by Gasteiger charge is 2.45. The highest BCUT2D eigenvalue weighted by atomic mass is 32.2. The fourth-order valence-electron chi connectivity index (χ4n) is 3.69. The van der Waals surface area contributed by atoms with Crippen LogP contribution < -0.4 is 0 Å². The largest absolute Gasteiger partial charge is 0.479 e. The van der Waals surface area contributed by atoms with Crippen molar-refractivity contribution in [2.75, 3.05) is 11.7 Å². The zero-order valence-corrected chi connectivity index (χ0v) is 16.9. The van der Waals surface area contributed by atoms with E-state index in [4.69, 9.17) is 0 Å². The minimum atomic E-state index is -1.90. The first-order chi connectivity index (χ1) is 13.0. The number of aromatic nitrogens is 1. The summed E-state index contributed by atoms with van der Waals surface area (Å²) >= 11 is 1.34. The first-order valence-corrected chi connectivity index (χ1v) is 11.9. The molecule has 27 heavy (non-hydrogen) atoms. The van der Waals surface area contributed by atoms with Crippen molar-refractivity contribution in [3.63, 3.8) is 0 Å². The molecule has 144 valence electrons. The third-order valence-electron chi connectivity index (χ3n) is 5.12. The van der Waals surface area contributed by atoms with Crippen molar-refractivity contribution < 1.29 is 19.6 Å². The SMILES string of the molecule is O=C(O)C(O)(CC1CCCCC1)C[P+](=O)CSc1ccc2ccccc2n1. The van der Waals surface area contributed by atoms with Crippen LogP contribution in [0, 0.1) is 5.92 Å². The molecule has 2 atom stereocenters. The van der Waals surface area contributed by atoms with E-state index in [-0.39, 0.29) is 24.0 Å². The van der Waals surface area contributed by atoms with Crippen molar-refractivity contribution in [1.29, 1.82) is 0 Å². The molecule has 1 aliphatic rings. The van der Waals surface area contributed by atoms with Crippen LogP contribution in [-0.2, 0) is 9.36 Å². The molecule has 2 N–H and O–H groups in total. The van der Waals surface area contributed by atoms with Crippen LogP contribution in [0.5, 0.6) is 0 Å². The number of carboxylic acids is 1. The number of carbonyl (C=O) groups is 1. The maximum Gasteiger partial charge on any atom is 0.353 e.